The molecule has 0 saturated heterocycles. The summed E-state index contributed by atoms with van der Waals surface area (Å²) in [5.41, 5.74) is 10.2. The quantitative estimate of drug-likeness (QED) is 0.871. The normalized spacial score (nSPS) is 12.4. The second-order valence-electron chi connectivity index (χ2n) is 5.28. The lowest BCUT2D eigenvalue weighted by molar-refractivity contribution is 0.563. The van der Waals surface area contributed by atoms with Crippen LogP contribution in [0.1, 0.15) is 42.1 Å². The minimum atomic E-state index is -0.564. The summed E-state index contributed by atoms with van der Waals surface area (Å²) in [5, 5.41) is 0. The highest BCUT2D eigenvalue weighted by atomic mass is 19.1. The molecule has 2 rings (SSSR count). The fourth-order valence-corrected chi connectivity index (χ4v) is 2.59. The second kappa shape index (κ2) is 6.81. The fourth-order valence-electron chi connectivity index (χ4n) is 2.59. The summed E-state index contributed by atoms with van der Waals surface area (Å²) < 4.78 is 26.6. The molecular formula is C18H21F2N. The number of halogens is 2. The van der Waals surface area contributed by atoms with Crippen LogP contribution >= 0.6 is 0 Å². The second-order valence-corrected chi connectivity index (χ2v) is 5.28. The molecule has 0 radical (unpaired) electrons. The Bertz CT molecular complexity index is 623. The van der Waals surface area contributed by atoms with Crippen LogP contribution in [-0.4, -0.2) is 0 Å². The molecule has 3 heteroatoms. The van der Waals surface area contributed by atoms with E-state index < -0.39 is 11.6 Å². The molecule has 0 bridgehead atoms. The van der Waals surface area contributed by atoms with E-state index in [1.807, 2.05) is 6.07 Å². The van der Waals surface area contributed by atoms with Gasteiger partial charge in [-0.15, -0.1) is 0 Å². The van der Waals surface area contributed by atoms with E-state index in [4.69, 9.17) is 5.73 Å². The van der Waals surface area contributed by atoms with Crippen LogP contribution in [-0.2, 0) is 19.3 Å². The average Bonchev–Trinajstić information content (AvgIpc) is 2.49. The van der Waals surface area contributed by atoms with Gasteiger partial charge < -0.3 is 5.73 Å². The van der Waals surface area contributed by atoms with E-state index in [0.29, 0.717) is 12.0 Å². The molecule has 1 unspecified atom stereocenters. The molecule has 0 amide bonds. The van der Waals surface area contributed by atoms with Gasteiger partial charge in [0.05, 0.1) is 0 Å². The maximum absolute atomic E-state index is 13.7. The highest BCUT2D eigenvalue weighted by Gasteiger charge is 2.12. The predicted octanol–water partition coefficient (Wildman–Crippen LogP) is 4.33. The zero-order chi connectivity index (χ0) is 15.4. The van der Waals surface area contributed by atoms with Gasteiger partial charge in [-0.3, -0.25) is 0 Å². The molecule has 0 saturated carbocycles. The van der Waals surface area contributed by atoms with E-state index in [1.54, 1.807) is 0 Å². The Kier molecular flexibility index (Phi) is 5.07. The zero-order valence-corrected chi connectivity index (χ0v) is 12.5. The highest BCUT2D eigenvalue weighted by Crippen LogP contribution is 2.22. The van der Waals surface area contributed by atoms with Gasteiger partial charge in [0, 0.05) is 12.1 Å². The lowest BCUT2D eigenvalue weighted by Gasteiger charge is -2.16. The van der Waals surface area contributed by atoms with Gasteiger partial charge in [0.2, 0.25) is 0 Å². The Morgan fingerprint density at radius 2 is 1.57 bits per heavy atom. The van der Waals surface area contributed by atoms with E-state index in [-0.39, 0.29) is 6.04 Å². The van der Waals surface area contributed by atoms with Crippen molar-refractivity contribution in [3.63, 3.8) is 0 Å². The Morgan fingerprint density at radius 1 is 0.905 bits per heavy atom. The first-order chi connectivity index (χ1) is 10.0. The van der Waals surface area contributed by atoms with Gasteiger partial charge in [-0.05, 0) is 47.6 Å². The Labute approximate surface area is 124 Å². The molecule has 0 fully saturated rings. The molecule has 0 aliphatic heterocycles. The zero-order valence-electron chi connectivity index (χ0n) is 12.5. The van der Waals surface area contributed by atoms with Crippen LogP contribution in [0.4, 0.5) is 8.78 Å². The van der Waals surface area contributed by atoms with Gasteiger partial charge >= 0.3 is 0 Å². The van der Waals surface area contributed by atoms with Crippen molar-refractivity contribution >= 4 is 0 Å². The van der Waals surface area contributed by atoms with Gasteiger partial charge in [-0.2, -0.15) is 0 Å². The van der Waals surface area contributed by atoms with Crippen LogP contribution in [0.3, 0.4) is 0 Å². The minimum absolute atomic E-state index is 0.291. The van der Waals surface area contributed by atoms with Gasteiger partial charge in [0.1, 0.15) is 11.6 Å². The van der Waals surface area contributed by atoms with Crippen molar-refractivity contribution < 1.29 is 8.78 Å². The van der Waals surface area contributed by atoms with E-state index >= 15 is 0 Å². The van der Waals surface area contributed by atoms with Gasteiger partial charge in [-0.25, -0.2) is 8.78 Å². The van der Waals surface area contributed by atoms with E-state index in [0.717, 1.165) is 24.5 Å². The third kappa shape index (κ3) is 3.67. The van der Waals surface area contributed by atoms with Gasteiger partial charge in [-0.1, -0.05) is 38.1 Å². The maximum atomic E-state index is 13.7. The monoisotopic (exact) mass is 289 g/mol. The lowest BCUT2D eigenvalue weighted by Crippen LogP contribution is -2.15. The van der Waals surface area contributed by atoms with Crippen molar-refractivity contribution in [1.82, 2.24) is 0 Å². The van der Waals surface area contributed by atoms with Crippen LogP contribution < -0.4 is 5.73 Å². The van der Waals surface area contributed by atoms with Crippen molar-refractivity contribution in [3.05, 3.63) is 70.3 Å². The number of rotatable bonds is 5. The molecule has 0 aromatic heterocycles. The van der Waals surface area contributed by atoms with Crippen molar-refractivity contribution in [2.24, 2.45) is 5.73 Å². The third-order valence-corrected chi connectivity index (χ3v) is 3.88. The Morgan fingerprint density at radius 3 is 2.19 bits per heavy atom. The molecule has 0 aliphatic carbocycles. The van der Waals surface area contributed by atoms with E-state index in [1.165, 1.54) is 23.3 Å². The Balaban J connectivity index is 2.21. The summed E-state index contributed by atoms with van der Waals surface area (Å²) in [4.78, 5) is 0. The lowest BCUT2D eigenvalue weighted by atomic mass is 9.94. The summed E-state index contributed by atoms with van der Waals surface area (Å²) in [6.07, 6.45) is 2.31. The number of nitrogens with two attached hydrogens (primary N) is 1. The summed E-state index contributed by atoms with van der Waals surface area (Å²) in [6, 6.07) is 9.54. The number of aryl methyl sites for hydroxylation is 2. The van der Waals surface area contributed by atoms with Crippen LogP contribution in [0.25, 0.3) is 0 Å². The van der Waals surface area contributed by atoms with Gasteiger partial charge in [0.15, 0.2) is 0 Å². The molecule has 0 heterocycles. The molecule has 1 nitrogen and oxygen atoms in total. The van der Waals surface area contributed by atoms with Crippen LogP contribution in [0, 0.1) is 11.6 Å². The molecule has 2 aromatic carbocycles. The fraction of sp³-hybridized carbons (Fsp3) is 0.333. The smallest absolute Gasteiger partial charge is 0.129 e. The van der Waals surface area contributed by atoms with Gasteiger partial charge in [0.25, 0.3) is 0 Å². The number of hydrogen-bond donors (Lipinski definition) is 1. The van der Waals surface area contributed by atoms with E-state index in [2.05, 4.69) is 26.0 Å². The molecule has 1 atom stereocenters. The standard InChI is InChI=1S/C18H21F2N/c1-3-12-5-6-15(9-13(12)4-2)18(21)10-14-7-8-16(19)11-17(14)20/h5-9,11,18H,3-4,10,21H2,1-2H3. The largest absolute Gasteiger partial charge is 0.324 e. The van der Waals surface area contributed by atoms with E-state index in [9.17, 15) is 8.78 Å². The summed E-state index contributed by atoms with van der Waals surface area (Å²) in [6.45, 7) is 4.24. The van der Waals surface area contributed by atoms with Crippen molar-refractivity contribution in [1.29, 1.82) is 0 Å². The highest BCUT2D eigenvalue weighted by molar-refractivity contribution is 5.34. The van der Waals surface area contributed by atoms with Crippen LogP contribution in [0.5, 0.6) is 0 Å². The maximum Gasteiger partial charge on any atom is 0.129 e. The molecule has 0 aliphatic rings. The number of hydrogen-bond acceptors (Lipinski definition) is 1. The summed E-state index contributed by atoms with van der Waals surface area (Å²) in [7, 11) is 0. The first-order valence-electron chi connectivity index (χ1n) is 7.36. The molecule has 21 heavy (non-hydrogen) atoms. The third-order valence-electron chi connectivity index (χ3n) is 3.88. The van der Waals surface area contributed by atoms with Crippen LogP contribution in [0.15, 0.2) is 36.4 Å². The molecular weight excluding hydrogens is 268 g/mol. The molecule has 2 aromatic rings. The van der Waals surface area contributed by atoms with Crippen LogP contribution in [0.2, 0.25) is 0 Å². The molecule has 112 valence electrons. The molecule has 0 spiro atoms. The number of benzene rings is 2. The minimum Gasteiger partial charge on any atom is -0.324 e. The summed E-state index contributed by atoms with van der Waals surface area (Å²) >= 11 is 0. The van der Waals surface area contributed by atoms with Crippen molar-refractivity contribution in [3.8, 4) is 0 Å². The topological polar surface area (TPSA) is 26.0 Å². The first kappa shape index (κ1) is 15.6. The van der Waals surface area contributed by atoms with Crippen molar-refractivity contribution in [2.45, 2.75) is 39.2 Å². The predicted molar refractivity (Wildman–Crippen MR) is 82.2 cm³/mol. The SMILES string of the molecule is CCc1ccc(C(N)Cc2ccc(F)cc2F)cc1CC. The van der Waals surface area contributed by atoms with Crippen molar-refractivity contribution in [2.75, 3.05) is 0 Å². The molecule has 2 N–H and O–H groups in total. The first-order valence-corrected chi connectivity index (χ1v) is 7.36. The Hall–Kier alpha value is -1.74. The summed E-state index contributed by atoms with van der Waals surface area (Å²) in [5.74, 6) is -1.10. The average molecular weight is 289 g/mol.